The van der Waals surface area contributed by atoms with E-state index in [1.807, 2.05) is 0 Å². The quantitative estimate of drug-likeness (QED) is 0.448. The number of hydrogen-bond acceptors (Lipinski definition) is 4. The Hall–Kier alpha value is 0.830. The predicted molar refractivity (Wildman–Crippen MR) is 77.0 cm³/mol. The summed E-state index contributed by atoms with van der Waals surface area (Å²) in [5.41, 5.74) is 7.00. The minimum absolute atomic E-state index is 0. The molecule has 7 heteroatoms. The molecule has 1 heterocycles. The van der Waals surface area contributed by atoms with Crippen molar-refractivity contribution in [2.24, 2.45) is 0 Å². The van der Waals surface area contributed by atoms with E-state index in [0.29, 0.717) is 6.54 Å². The summed E-state index contributed by atoms with van der Waals surface area (Å²) in [6.45, 7) is 2.76. The summed E-state index contributed by atoms with van der Waals surface area (Å²) in [7, 11) is -3.48. The van der Waals surface area contributed by atoms with Gasteiger partial charge >= 0.3 is 40.0 Å². The third-order valence-electron chi connectivity index (χ3n) is 2.92. The van der Waals surface area contributed by atoms with Gasteiger partial charge in [-0.05, 0) is 0 Å². The van der Waals surface area contributed by atoms with Gasteiger partial charge in [-0.1, -0.05) is 71.1 Å². The van der Waals surface area contributed by atoms with Crippen molar-refractivity contribution in [2.75, 3.05) is 13.3 Å². The van der Waals surface area contributed by atoms with Gasteiger partial charge in [0.2, 0.25) is 0 Å². The number of nitrogens with one attached hydrogen (secondary N) is 1. The number of unbranched alkanes of at least 4 members (excludes halogenated alkanes) is 9. The van der Waals surface area contributed by atoms with E-state index >= 15 is 0 Å². The van der Waals surface area contributed by atoms with Crippen molar-refractivity contribution in [1.82, 2.24) is 0 Å². The monoisotopic (exact) mass is 317 g/mol. The van der Waals surface area contributed by atoms with Crippen molar-refractivity contribution in [3.8, 4) is 0 Å². The van der Waals surface area contributed by atoms with Crippen molar-refractivity contribution in [3.05, 3.63) is 5.73 Å². The van der Waals surface area contributed by atoms with Crippen LogP contribution < -0.4 is 29.6 Å². The largest absolute Gasteiger partial charge is 1.00 e. The Kier molecular flexibility index (Phi) is 18.7. The summed E-state index contributed by atoms with van der Waals surface area (Å²) >= 11 is 0. The third kappa shape index (κ3) is 16.9. The Labute approximate surface area is 146 Å². The summed E-state index contributed by atoms with van der Waals surface area (Å²) in [5, 5.41) is 0. The summed E-state index contributed by atoms with van der Waals surface area (Å²) < 4.78 is 27.0. The van der Waals surface area contributed by atoms with E-state index in [1.54, 1.807) is 0 Å². The first-order valence-electron chi connectivity index (χ1n) is 7.30. The van der Waals surface area contributed by atoms with Crippen molar-refractivity contribution in [1.29, 1.82) is 0 Å². The van der Waals surface area contributed by atoms with Gasteiger partial charge in [0.15, 0.2) is 6.79 Å². The molecule has 1 aliphatic rings. The molecular formula is C13H28NNaO4S. The number of hydrogen-bond donors (Lipinski definition) is 0. The molecule has 116 valence electrons. The molecule has 0 spiro atoms. The van der Waals surface area contributed by atoms with E-state index in [0.717, 1.165) is 6.42 Å². The topological polar surface area (TPSA) is 76.4 Å². The van der Waals surface area contributed by atoms with Crippen LogP contribution >= 0.6 is 0 Å². The average molecular weight is 317 g/mol. The Morgan fingerprint density at radius 1 is 0.850 bits per heavy atom. The molecule has 1 rings (SSSR count). The number of rotatable bonds is 10. The second kappa shape index (κ2) is 16.2. The molecule has 0 saturated carbocycles. The maximum absolute atomic E-state index is 9.64. The van der Waals surface area contributed by atoms with Crippen LogP contribution in [-0.4, -0.2) is 21.8 Å². The SMILES string of the molecule is CCCCCCCCCCCC[NH-].O=S1(=O)OCO1.[Na+]. The van der Waals surface area contributed by atoms with E-state index < -0.39 is 10.4 Å². The minimum atomic E-state index is -3.48. The molecule has 1 aliphatic heterocycles. The van der Waals surface area contributed by atoms with Crippen LogP contribution in [0.2, 0.25) is 0 Å². The first kappa shape index (κ1) is 23.1. The van der Waals surface area contributed by atoms with Gasteiger partial charge < -0.3 is 5.73 Å². The van der Waals surface area contributed by atoms with Crippen molar-refractivity contribution in [3.63, 3.8) is 0 Å². The van der Waals surface area contributed by atoms with Crippen LogP contribution in [0.3, 0.4) is 0 Å². The fraction of sp³-hybridized carbons (Fsp3) is 1.00. The molecule has 1 saturated heterocycles. The molecule has 0 radical (unpaired) electrons. The molecule has 0 atom stereocenters. The Bertz CT molecular complexity index is 266. The fourth-order valence-corrected chi connectivity index (χ4v) is 1.99. The second-order valence-electron chi connectivity index (χ2n) is 4.69. The Balaban J connectivity index is 0. The summed E-state index contributed by atoms with van der Waals surface area (Å²) in [6.07, 6.45) is 13.6. The zero-order chi connectivity index (χ0) is 14.4. The van der Waals surface area contributed by atoms with Crippen LogP contribution in [0.4, 0.5) is 0 Å². The molecule has 0 aliphatic carbocycles. The average Bonchev–Trinajstić information content (AvgIpc) is 2.36. The molecule has 0 aromatic carbocycles. The van der Waals surface area contributed by atoms with Gasteiger partial charge in [0.05, 0.1) is 0 Å². The zero-order valence-electron chi connectivity index (χ0n) is 13.0. The van der Waals surface area contributed by atoms with Crippen molar-refractivity contribution < 1.29 is 46.3 Å². The van der Waals surface area contributed by atoms with Crippen LogP contribution in [0.25, 0.3) is 5.73 Å². The Morgan fingerprint density at radius 2 is 1.20 bits per heavy atom. The normalized spacial score (nSPS) is 15.5. The van der Waals surface area contributed by atoms with E-state index in [9.17, 15) is 8.42 Å². The van der Waals surface area contributed by atoms with Gasteiger partial charge in [-0.15, -0.1) is 0 Å². The molecule has 0 amide bonds. The van der Waals surface area contributed by atoms with Gasteiger partial charge in [0.25, 0.3) is 0 Å². The molecule has 0 bridgehead atoms. The van der Waals surface area contributed by atoms with Gasteiger partial charge in [-0.25, -0.2) is 8.37 Å². The van der Waals surface area contributed by atoms with Gasteiger partial charge in [-0.2, -0.15) is 15.0 Å². The zero-order valence-corrected chi connectivity index (χ0v) is 15.8. The minimum Gasteiger partial charge on any atom is -0.677 e. The van der Waals surface area contributed by atoms with E-state index in [1.165, 1.54) is 57.8 Å². The molecule has 1 fully saturated rings. The Morgan fingerprint density at radius 3 is 1.45 bits per heavy atom. The van der Waals surface area contributed by atoms with E-state index in [-0.39, 0.29) is 36.4 Å². The van der Waals surface area contributed by atoms with Crippen LogP contribution in [-0.2, 0) is 18.8 Å². The first-order valence-corrected chi connectivity index (χ1v) is 8.64. The standard InChI is InChI=1S/C12H26N.CH2O4S.Na/c1-2-3-4-5-6-7-8-9-10-11-12-13;2-6(3)4-1-5-6;/h13H,2-12H2,1H3;1H2;/q-1;;+1. The summed E-state index contributed by atoms with van der Waals surface area (Å²) in [5.74, 6) is 0. The molecule has 0 aromatic heterocycles. The maximum Gasteiger partial charge on any atom is 1.00 e. The second-order valence-corrected chi connectivity index (χ2v) is 5.98. The molecule has 0 aromatic rings. The molecule has 1 N–H and O–H groups in total. The fourth-order valence-electron chi connectivity index (χ4n) is 1.74. The van der Waals surface area contributed by atoms with Gasteiger partial charge in [-0.3, -0.25) is 0 Å². The summed E-state index contributed by atoms with van der Waals surface area (Å²) in [6, 6.07) is 0. The van der Waals surface area contributed by atoms with Crippen LogP contribution in [0.5, 0.6) is 0 Å². The van der Waals surface area contributed by atoms with Crippen LogP contribution in [0.15, 0.2) is 0 Å². The van der Waals surface area contributed by atoms with Gasteiger partial charge in [0.1, 0.15) is 0 Å². The third-order valence-corrected chi connectivity index (χ3v) is 3.69. The molecular weight excluding hydrogens is 289 g/mol. The van der Waals surface area contributed by atoms with E-state index in [2.05, 4.69) is 15.3 Å². The smallest absolute Gasteiger partial charge is 0.677 e. The predicted octanol–water partition coefficient (Wildman–Crippen LogP) is 1.20. The van der Waals surface area contributed by atoms with Gasteiger partial charge in [0, 0.05) is 0 Å². The van der Waals surface area contributed by atoms with Crippen molar-refractivity contribution in [2.45, 2.75) is 71.1 Å². The maximum atomic E-state index is 9.64. The molecule has 5 nitrogen and oxygen atoms in total. The van der Waals surface area contributed by atoms with Crippen LogP contribution in [0, 0.1) is 0 Å². The molecule has 20 heavy (non-hydrogen) atoms. The van der Waals surface area contributed by atoms with Crippen molar-refractivity contribution >= 4 is 10.4 Å². The summed E-state index contributed by atoms with van der Waals surface area (Å²) in [4.78, 5) is 0. The van der Waals surface area contributed by atoms with Crippen LogP contribution in [0.1, 0.15) is 71.1 Å². The molecule has 0 unspecified atom stereocenters. The van der Waals surface area contributed by atoms with E-state index in [4.69, 9.17) is 5.73 Å². The first-order chi connectivity index (χ1) is 9.12.